The fraction of sp³-hybridized carbons (Fsp3) is 0.429. The summed E-state index contributed by atoms with van der Waals surface area (Å²) >= 11 is 0. The first-order chi connectivity index (χ1) is 10.8. The monoisotopic (exact) mass is 321 g/mol. The number of alkyl halides is 1. The smallest absolute Gasteiger partial charge is 0.243 e. The van der Waals surface area contributed by atoms with Crippen LogP contribution in [0.3, 0.4) is 0 Å². The molecule has 5 N–H and O–H groups in total. The van der Waals surface area contributed by atoms with Gasteiger partial charge >= 0.3 is 0 Å². The number of hydrogen-bond donors (Lipinski definition) is 4. The number of guanidine groups is 1. The second kappa shape index (κ2) is 5.06. The molecule has 2 unspecified atom stereocenters. The molecule has 0 spiro atoms. The van der Waals surface area contributed by atoms with Crippen molar-refractivity contribution in [3.63, 3.8) is 0 Å². The molecule has 1 fully saturated rings. The maximum absolute atomic E-state index is 15.1. The topological polar surface area (TPSA) is 118 Å². The third-order valence-corrected chi connectivity index (χ3v) is 3.90. The standard InChI is InChI=1S/C14H16FN5O3/c1-4-14(15)10(22)9(7(3)21)23-12(14)20-5-17-8-6(2)18-13(16)19-11(8)20/h1,5,7,9-10,12,21-22H,2H2,3H3,(H3,16,18,19)/t7-,9?,10?,12+,14+/m0/s1. The van der Waals surface area contributed by atoms with Crippen LogP contribution in [0.15, 0.2) is 17.9 Å². The molecule has 23 heavy (non-hydrogen) atoms. The minimum Gasteiger partial charge on any atom is -0.391 e. The lowest BCUT2D eigenvalue weighted by Gasteiger charge is -2.25. The first kappa shape index (κ1) is 15.5. The summed E-state index contributed by atoms with van der Waals surface area (Å²) in [6, 6.07) is 0. The number of aromatic nitrogens is 2. The SMILES string of the molecule is C#C[C@@]1(F)C(O)C([C@H](C)O)O[C@H]1n1cnc2c1N=C(N)NC2=C. The lowest BCUT2D eigenvalue weighted by atomic mass is 9.95. The van der Waals surface area contributed by atoms with E-state index in [-0.39, 0.29) is 11.8 Å². The number of nitrogens with one attached hydrogen (secondary N) is 1. The van der Waals surface area contributed by atoms with Crippen molar-refractivity contribution in [3.8, 4) is 12.3 Å². The van der Waals surface area contributed by atoms with E-state index in [0.717, 1.165) is 0 Å². The molecule has 1 aromatic rings. The summed E-state index contributed by atoms with van der Waals surface area (Å²) in [6.07, 6.45) is 1.11. The van der Waals surface area contributed by atoms with Crippen molar-refractivity contribution in [2.24, 2.45) is 10.7 Å². The van der Waals surface area contributed by atoms with Crippen molar-refractivity contribution in [2.75, 3.05) is 0 Å². The van der Waals surface area contributed by atoms with Gasteiger partial charge in [0.15, 0.2) is 18.0 Å². The predicted molar refractivity (Wildman–Crippen MR) is 79.9 cm³/mol. The minimum atomic E-state index is -2.56. The molecule has 8 nitrogen and oxygen atoms in total. The minimum absolute atomic E-state index is 0.0556. The third kappa shape index (κ3) is 2.11. The van der Waals surface area contributed by atoms with Gasteiger partial charge in [-0.1, -0.05) is 12.5 Å². The average molecular weight is 321 g/mol. The summed E-state index contributed by atoms with van der Waals surface area (Å²) in [5, 5.41) is 22.5. The van der Waals surface area contributed by atoms with Crippen molar-refractivity contribution in [3.05, 3.63) is 18.6 Å². The molecule has 2 aliphatic heterocycles. The summed E-state index contributed by atoms with van der Waals surface area (Å²) < 4.78 is 21.9. The Labute approximate surface area is 131 Å². The Hall–Kier alpha value is -2.41. The molecule has 0 aromatic carbocycles. The molecule has 2 aliphatic rings. The Morgan fingerprint density at radius 3 is 3.00 bits per heavy atom. The molecule has 0 saturated carbocycles. The zero-order valence-corrected chi connectivity index (χ0v) is 12.3. The lowest BCUT2D eigenvalue weighted by molar-refractivity contribution is -0.0782. The number of nitrogens with zero attached hydrogens (tertiary/aromatic N) is 3. The number of imidazole rings is 1. The number of terminal acetylenes is 1. The lowest BCUT2D eigenvalue weighted by Crippen LogP contribution is -2.43. The fourth-order valence-electron chi connectivity index (χ4n) is 2.72. The molecule has 0 bridgehead atoms. The molecular formula is C14H16FN5O3. The van der Waals surface area contributed by atoms with E-state index >= 15 is 4.39 Å². The van der Waals surface area contributed by atoms with E-state index in [2.05, 4.69) is 21.9 Å². The van der Waals surface area contributed by atoms with Gasteiger partial charge in [-0.15, -0.1) is 6.42 Å². The zero-order valence-electron chi connectivity index (χ0n) is 12.3. The molecule has 3 rings (SSSR count). The van der Waals surface area contributed by atoms with E-state index in [1.165, 1.54) is 17.8 Å². The third-order valence-electron chi connectivity index (χ3n) is 3.90. The van der Waals surface area contributed by atoms with Crippen molar-refractivity contribution >= 4 is 17.5 Å². The average Bonchev–Trinajstić information content (AvgIpc) is 3.00. The first-order valence-corrected chi connectivity index (χ1v) is 6.85. The number of halogens is 1. The van der Waals surface area contributed by atoms with Crippen LogP contribution < -0.4 is 11.1 Å². The highest BCUT2D eigenvalue weighted by molar-refractivity contribution is 5.93. The summed E-state index contributed by atoms with van der Waals surface area (Å²) in [5.74, 6) is 2.18. The van der Waals surface area contributed by atoms with E-state index in [4.69, 9.17) is 16.9 Å². The van der Waals surface area contributed by atoms with Crippen LogP contribution in [0.25, 0.3) is 5.70 Å². The van der Waals surface area contributed by atoms with Gasteiger partial charge in [-0.3, -0.25) is 4.57 Å². The van der Waals surface area contributed by atoms with Gasteiger partial charge in [-0.25, -0.2) is 9.37 Å². The largest absolute Gasteiger partial charge is 0.391 e. The Bertz CT molecular complexity index is 737. The maximum Gasteiger partial charge on any atom is 0.243 e. The Kier molecular flexibility index (Phi) is 3.40. The van der Waals surface area contributed by atoms with Crippen LogP contribution in [0.1, 0.15) is 18.8 Å². The number of aliphatic hydroxyl groups is 2. The number of fused-ring (bicyclic) bond motifs is 1. The van der Waals surface area contributed by atoms with Crippen LogP contribution in [-0.4, -0.2) is 49.7 Å². The quantitative estimate of drug-likeness (QED) is 0.540. The number of rotatable bonds is 2. The van der Waals surface area contributed by atoms with E-state index in [9.17, 15) is 10.2 Å². The van der Waals surface area contributed by atoms with Gasteiger partial charge in [0.05, 0.1) is 18.1 Å². The summed E-state index contributed by atoms with van der Waals surface area (Å²) in [7, 11) is 0. The zero-order chi connectivity index (χ0) is 16.9. The predicted octanol–water partition coefficient (Wildman–Crippen LogP) is -0.616. The second-order valence-electron chi connectivity index (χ2n) is 5.48. The van der Waals surface area contributed by atoms with Crippen molar-refractivity contribution < 1.29 is 19.3 Å². The van der Waals surface area contributed by atoms with Gasteiger partial charge in [0.2, 0.25) is 5.67 Å². The highest BCUT2D eigenvalue weighted by Gasteiger charge is 2.59. The number of nitrogens with two attached hydrogens (primary N) is 1. The van der Waals surface area contributed by atoms with Gasteiger partial charge < -0.3 is 26.0 Å². The van der Waals surface area contributed by atoms with E-state index < -0.39 is 30.2 Å². The Morgan fingerprint density at radius 1 is 1.70 bits per heavy atom. The fourth-order valence-corrected chi connectivity index (χ4v) is 2.72. The molecule has 1 saturated heterocycles. The Morgan fingerprint density at radius 2 is 2.39 bits per heavy atom. The molecule has 122 valence electrons. The number of ether oxygens (including phenoxy) is 1. The van der Waals surface area contributed by atoms with E-state index in [1.54, 1.807) is 0 Å². The highest BCUT2D eigenvalue weighted by atomic mass is 19.1. The van der Waals surface area contributed by atoms with Crippen LogP contribution in [0.2, 0.25) is 0 Å². The molecule has 1 aromatic heterocycles. The van der Waals surface area contributed by atoms with Crippen molar-refractivity contribution in [2.45, 2.75) is 37.1 Å². The summed E-state index contributed by atoms with van der Waals surface area (Å²) in [6.45, 7) is 5.12. The summed E-state index contributed by atoms with van der Waals surface area (Å²) in [4.78, 5) is 8.15. The maximum atomic E-state index is 15.1. The Balaban J connectivity index is 2.10. The van der Waals surface area contributed by atoms with Gasteiger partial charge in [0.1, 0.15) is 17.9 Å². The van der Waals surface area contributed by atoms with Crippen LogP contribution in [0, 0.1) is 12.3 Å². The van der Waals surface area contributed by atoms with Gasteiger partial charge in [0, 0.05) is 0 Å². The van der Waals surface area contributed by atoms with Crippen molar-refractivity contribution in [1.29, 1.82) is 0 Å². The number of aliphatic imine (C=N–C) groups is 1. The van der Waals surface area contributed by atoms with Crippen LogP contribution >= 0.6 is 0 Å². The van der Waals surface area contributed by atoms with Crippen LogP contribution in [0.4, 0.5) is 10.2 Å². The first-order valence-electron chi connectivity index (χ1n) is 6.85. The number of aliphatic hydroxyl groups excluding tert-OH is 2. The van der Waals surface area contributed by atoms with E-state index in [1.807, 2.05) is 5.92 Å². The van der Waals surface area contributed by atoms with E-state index in [0.29, 0.717) is 11.4 Å². The van der Waals surface area contributed by atoms with Crippen molar-refractivity contribution in [1.82, 2.24) is 14.9 Å². The highest BCUT2D eigenvalue weighted by Crippen LogP contribution is 2.45. The van der Waals surface area contributed by atoms with Gasteiger partial charge in [-0.05, 0) is 6.92 Å². The molecule has 0 amide bonds. The molecule has 9 heteroatoms. The van der Waals surface area contributed by atoms with Gasteiger partial charge in [0.25, 0.3) is 0 Å². The number of hydrogen-bond acceptors (Lipinski definition) is 7. The van der Waals surface area contributed by atoms with Crippen LogP contribution in [0.5, 0.6) is 0 Å². The summed E-state index contributed by atoms with van der Waals surface area (Å²) in [5.41, 5.74) is 3.83. The molecule has 0 aliphatic carbocycles. The van der Waals surface area contributed by atoms with Gasteiger partial charge in [-0.2, -0.15) is 4.99 Å². The molecule has 0 radical (unpaired) electrons. The molecular weight excluding hydrogens is 305 g/mol. The molecule has 3 heterocycles. The molecule has 5 atom stereocenters. The normalized spacial score (nSPS) is 34.3. The van der Waals surface area contributed by atoms with Crippen LogP contribution in [-0.2, 0) is 4.74 Å². The second-order valence-corrected chi connectivity index (χ2v) is 5.48.